The van der Waals surface area contributed by atoms with Gasteiger partial charge in [-0.1, -0.05) is 60.2 Å². The summed E-state index contributed by atoms with van der Waals surface area (Å²) in [6, 6.07) is 27.4. The van der Waals surface area contributed by atoms with Gasteiger partial charge in [0.1, 0.15) is 5.75 Å². The molecule has 216 valence electrons. The Bertz CT molecular complexity index is 1910. The van der Waals surface area contributed by atoms with E-state index in [2.05, 4.69) is 74.4 Å². The van der Waals surface area contributed by atoms with Crippen molar-refractivity contribution in [1.82, 2.24) is 9.97 Å². The molecule has 4 aromatic carbocycles. The molecule has 0 radical (unpaired) electrons. The van der Waals surface area contributed by atoms with Crippen LogP contribution in [-0.2, 0) is 6.42 Å². The molecule has 0 bridgehead atoms. The van der Waals surface area contributed by atoms with Crippen molar-refractivity contribution in [3.05, 3.63) is 124 Å². The summed E-state index contributed by atoms with van der Waals surface area (Å²) in [6.07, 6.45) is 10.9. The van der Waals surface area contributed by atoms with Crippen LogP contribution in [0.2, 0.25) is 0 Å². The lowest BCUT2D eigenvalue weighted by atomic mass is 9.79. The second kappa shape index (κ2) is 11.8. The minimum absolute atomic E-state index is 0.0874. The fraction of sp³-hybridized carbons (Fsp3) is 0.243. The quantitative estimate of drug-likeness (QED) is 0.251. The van der Waals surface area contributed by atoms with Gasteiger partial charge in [-0.15, -0.1) is 0 Å². The number of para-hydroxylation sites is 3. The maximum atomic E-state index is 11.1. The number of methoxy groups -OCH3 is 1. The second-order valence-corrected chi connectivity index (χ2v) is 11.4. The van der Waals surface area contributed by atoms with Crippen molar-refractivity contribution >= 4 is 38.6 Å². The molecule has 2 aliphatic carbocycles. The third kappa shape index (κ3) is 5.29. The van der Waals surface area contributed by atoms with Gasteiger partial charge >= 0.3 is 0 Å². The summed E-state index contributed by atoms with van der Waals surface area (Å²) in [5.41, 5.74) is 9.34. The molecule has 5 aromatic rings. The number of H-pyrrole nitrogens is 1. The number of fused-ring (bicyclic) bond motifs is 5. The van der Waals surface area contributed by atoms with E-state index in [9.17, 15) is 4.79 Å². The van der Waals surface area contributed by atoms with E-state index in [4.69, 9.17) is 4.74 Å². The van der Waals surface area contributed by atoms with Crippen molar-refractivity contribution in [1.29, 1.82) is 0 Å². The third-order valence-electron chi connectivity index (χ3n) is 8.98. The highest BCUT2D eigenvalue weighted by molar-refractivity contribution is 5.95. The molecule has 0 spiro atoms. The van der Waals surface area contributed by atoms with Crippen LogP contribution in [0.1, 0.15) is 30.4 Å². The summed E-state index contributed by atoms with van der Waals surface area (Å²) in [4.78, 5) is 22.5. The molecule has 6 nitrogen and oxygen atoms in total. The third-order valence-corrected chi connectivity index (χ3v) is 8.98. The minimum Gasteiger partial charge on any atom is -0.495 e. The van der Waals surface area contributed by atoms with Crippen LogP contribution in [0.3, 0.4) is 0 Å². The minimum atomic E-state index is -0.0874. The molecule has 0 atom stereocenters. The van der Waals surface area contributed by atoms with Gasteiger partial charge in [-0.2, -0.15) is 0 Å². The van der Waals surface area contributed by atoms with Gasteiger partial charge in [-0.05, 0) is 89.6 Å². The SMILES string of the molecule is COc1ccccc1N1CCN(c2ccc3c4c(ccc3c2)C2=C(CCC=C2)CC4)CC1.O=c1[nH]cnc2ccccc12. The van der Waals surface area contributed by atoms with Gasteiger partial charge in [0, 0.05) is 31.9 Å². The smallest absolute Gasteiger partial charge is 0.258 e. The summed E-state index contributed by atoms with van der Waals surface area (Å²) in [6.45, 7) is 4.06. The van der Waals surface area contributed by atoms with E-state index in [1.54, 1.807) is 24.3 Å². The zero-order valence-corrected chi connectivity index (χ0v) is 24.6. The van der Waals surface area contributed by atoms with Crippen molar-refractivity contribution in [3.8, 4) is 5.75 Å². The topological polar surface area (TPSA) is 61.5 Å². The van der Waals surface area contributed by atoms with Crippen LogP contribution in [-0.4, -0.2) is 43.3 Å². The van der Waals surface area contributed by atoms with Crippen molar-refractivity contribution < 1.29 is 4.74 Å². The summed E-state index contributed by atoms with van der Waals surface area (Å²) in [5, 5.41) is 3.44. The number of nitrogens with zero attached hydrogens (tertiary/aromatic N) is 3. The fourth-order valence-corrected chi connectivity index (χ4v) is 6.74. The maximum Gasteiger partial charge on any atom is 0.258 e. The standard InChI is InChI=1S/C29H30N2O.C8H6N2O/c1-32-29-9-5-4-8-28(29)31-18-16-30(17-19-31)23-12-15-25-22(20-23)11-14-26-24-7-3-2-6-21(24)10-13-27(25)26;11-8-6-3-1-2-4-7(6)9-5-10-8/h3-5,7-9,11-12,14-15,20H,2,6,10,13,16-19H2,1H3;1-5H,(H,9,10,11). The number of aromatic nitrogens is 2. The lowest BCUT2D eigenvalue weighted by molar-refractivity contribution is 0.413. The van der Waals surface area contributed by atoms with E-state index >= 15 is 0 Å². The molecule has 1 fully saturated rings. The van der Waals surface area contributed by atoms with Crippen LogP contribution in [0.25, 0.3) is 27.2 Å². The van der Waals surface area contributed by atoms with Gasteiger partial charge in [-0.25, -0.2) is 4.98 Å². The molecule has 1 saturated heterocycles. The Kier molecular flexibility index (Phi) is 7.42. The number of benzene rings is 4. The van der Waals surface area contributed by atoms with Crippen molar-refractivity contribution in [2.24, 2.45) is 0 Å². The van der Waals surface area contributed by atoms with Gasteiger partial charge in [0.2, 0.25) is 0 Å². The Morgan fingerprint density at radius 2 is 1.63 bits per heavy atom. The molecule has 6 heteroatoms. The number of aromatic amines is 1. The first kappa shape index (κ1) is 27.0. The Morgan fingerprint density at radius 1 is 0.814 bits per heavy atom. The van der Waals surface area contributed by atoms with E-state index in [0.29, 0.717) is 5.39 Å². The number of nitrogens with one attached hydrogen (secondary N) is 1. The maximum absolute atomic E-state index is 11.1. The van der Waals surface area contributed by atoms with Crippen LogP contribution in [0, 0.1) is 0 Å². The molecule has 1 aromatic heterocycles. The lowest BCUT2D eigenvalue weighted by Crippen LogP contribution is -2.46. The number of piperazine rings is 1. The average molecular weight is 569 g/mol. The van der Waals surface area contributed by atoms with Gasteiger partial charge in [0.05, 0.1) is 30.0 Å². The predicted molar refractivity (Wildman–Crippen MR) is 177 cm³/mol. The van der Waals surface area contributed by atoms with Crippen LogP contribution >= 0.6 is 0 Å². The van der Waals surface area contributed by atoms with Crippen molar-refractivity contribution in [3.63, 3.8) is 0 Å². The molecular formula is C37H36N4O2. The number of hydrogen-bond acceptors (Lipinski definition) is 5. The molecule has 0 saturated carbocycles. The van der Waals surface area contributed by atoms with E-state index in [0.717, 1.165) is 37.4 Å². The Morgan fingerprint density at radius 3 is 2.49 bits per heavy atom. The Balaban J connectivity index is 0.000000229. The van der Waals surface area contributed by atoms with Gasteiger partial charge in [0.15, 0.2) is 0 Å². The zero-order chi connectivity index (χ0) is 29.2. The van der Waals surface area contributed by atoms with Crippen LogP contribution in [0.4, 0.5) is 11.4 Å². The summed E-state index contributed by atoms with van der Waals surface area (Å²) < 4.78 is 5.57. The second-order valence-electron chi connectivity index (χ2n) is 11.4. The first-order chi connectivity index (χ1) is 21.2. The summed E-state index contributed by atoms with van der Waals surface area (Å²) in [5.74, 6) is 0.961. The Hall–Kier alpha value is -4.84. The predicted octanol–water partition coefficient (Wildman–Crippen LogP) is 7.15. The molecule has 3 aliphatic rings. The summed E-state index contributed by atoms with van der Waals surface area (Å²) in [7, 11) is 1.75. The monoisotopic (exact) mass is 568 g/mol. The molecule has 0 unspecified atom stereocenters. The molecule has 1 aliphatic heterocycles. The van der Waals surface area contributed by atoms with Gasteiger partial charge < -0.3 is 19.5 Å². The molecule has 43 heavy (non-hydrogen) atoms. The van der Waals surface area contributed by atoms with Crippen molar-refractivity contribution in [2.45, 2.75) is 25.7 Å². The first-order valence-corrected chi connectivity index (χ1v) is 15.2. The van der Waals surface area contributed by atoms with Gasteiger partial charge in [0.25, 0.3) is 5.56 Å². The van der Waals surface area contributed by atoms with E-state index in [1.165, 1.54) is 65.3 Å². The molecule has 2 heterocycles. The highest BCUT2D eigenvalue weighted by Crippen LogP contribution is 2.40. The number of allylic oxidation sites excluding steroid dienone is 4. The first-order valence-electron chi connectivity index (χ1n) is 15.2. The lowest BCUT2D eigenvalue weighted by Gasteiger charge is -2.38. The fourth-order valence-electron chi connectivity index (χ4n) is 6.74. The normalized spacial score (nSPS) is 16.0. The van der Waals surface area contributed by atoms with Crippen molar-refractivity contribution in [2.75, 3.05) is 43.1 Å². The van der Waals surface area contributed by atoms with E-state index < -0.39 is 0 Å². The summed E-state index contributed by atoms with van der Waals surface area (Å²) >= 11 is 0. The van der Waals surface area contributed by atoms with Crippen LogP contribution in [0.5, 0.6) is 5.75 Å². The highest BCUT2D eigenvalue weighted by Gasteiger charge is 2.22. The number of rotatable bonds is 3. The molecular weight excluding hydrogens is 532 g/mol. The van der Waals surface area contributed by atoms with Crippen LogP contribution < -0.4 is 20.1 Å². The highest BCUT2D eigenvalue weighted by atomic mass is 16.5. The zero-order valence-electron chi connectivity index (χ0n) is 24.6. The average Bonchev–Trinajstić information content (AvgIpc) is 3.08. The van der Waals surface area contributed by atoms with E-state index in [-0.39, 0.29) is 5.56 Å². The molecule has 1 N–H and O–H groups in total. The number of ether oxygens (including phenoxy) is 1. The largest absolute Gasteiger partial charge is 0.495 e. The number of hydrogen-bond donors (Lipinski definition) is 1. The molecule has 8 rings (SSSR count). The molecule has 0 amide bonds. The number of anilines is 2. The van der Waals surface area contributed by atoms with Gasteiger partial charge in [-0.3, -0.25) is 4.79 Å². The van der Waals surface area contributed by atoms with E-state index in [1.807, 2.05) is 30.3 Å². The number of aryl methyl sites for hydroxylation is 1. The Labute approximate surface area is 251 Å². The van der Waals surface area contributed by atoms with Crippen LogP contribution in [0.15, 0.2) is 108 Å².